The number of rotatable bonds is 4. The van der Waals surface area contributed by atoms with Crippen molar-refractivity contribution in [3.63, 3.8) is 0 Å². The largest absolute Gasteiger partial charge is 0.481 e. The molecule has 0 radical (unpaired) electrons. The van der Waals surface area contributed by atoms with Gasteiger partial charge in [-0.05, 0) is 25.0 Å². The van der Waals surface area contributed by atoms with E-state index in [0.29, 0.717) is 18.5 Å². The maximum absolute atomic E-state index is 11.7. The van der Waals surface area contributed by atoms with Gasteiger partial charge in [0, 0.05) is 19.8 Å². The SMILES string of the molecule is Cn1cccc1C(=O)NCC1(C(=O)O)CC1. The fraction of sp³-hybridized carbons (Fsp3) is 0.455. The van der Waals surface area contributed by atoms with Crippen LogP contribution in [0.15, 0.2) is 18.3 Å². The Hall–Kier alpha value is -1.78. The third-order valence-corrected chi connectivity index (χ3v) is 3.07. The zero-order chi connectivity index (χ0) is 11.8. The van der Waals surface area contributed by atoms with E-state index in [2.05, 4.69) is 5.32 Å². The second-order valence-electron chi connectivity index (χ2n) is 4.27. The number of carboxylic acids is 1. The molecular weight excluding hydrogens is 208 g/mol. The first-order chi connectivity index (χ1) is 7.55. The van der Waals surface area contributed by atoms with E-state index in [-0.39, 0.29) is 12.5 Å². The molecule has 1 amide bonds. The number of carbonyl (C=O) groups is 2. The number of carbonyl (C=O) groups excluding carboxylic acids is 1. The maximum Gasteiger partial charge on any atom is 0.311 e. The average Bonchev–Trinajstić information content (AvgIpc) is 2.92. The molecule has 1 aromatic heterocycles. The molecule has 0 aromatic carbocycles. The summed E-state index contributed by atoms with van der Waals surface area (Å²) in [6.45, 7) is 0.215. The molecule has 1 saturated carbocycles. The third-order valence-electron chi connectivity index (χ3n) is 3.07. The van der Waals surface area contributed by atoms with Crippen molar-refractivity contribution >= 4 is 11.9 Å². The van der Waals surface area contributed by atoms with Gasteiger partial charge in [0.1, 0.15) is 5.69 Å². The number of amides is 1. The summed E-state index contributed by atoms with van der Waals surface area (Å²) in [6, 6.07) is 3.48. The van der Waals surface area contributed by atoms with Crippen molar-refractivity contribution < 1.29 is 14.7 Å². The lowest BCUT2D eigenvalue weighted by molar-refractivity contribution is -0.143. The molecule has 5 heteroatoms. The van der Waals surface area contributed by atoms with Crippen LogP contribution in [0.4, 0.5) is 0 Å². The summed E-state index contributed by atoms with van der Waals surface area (Å²) in [7, 11) is 1.78. The summed E-state index contributed by atoms with van der Waals surface area (Å²) >= 11 is 0. The summed E-state index contributed by atoms with van der Waals surface area (Å²) in [5.74, 6) is -1.04. The van der Waals surface area contributed by atoms with Crippen LogP contribution in [0, 0.1) is 5.41 Å². The van der Waals surface area contributed by atoms with E-state index in [1.54, 1.807) is 29.9 Å². The minimum Gasteiger partial charge on any atom is -0.481 e. The lowest BCUT2D eigenvalue weighted by atomic mass is 10.1. The van der Waals surface area contributed by atoms with Crippen LogP contribution in [-0.4, -0.2) is 28.1 Å². The van der Waals surface area contributed by atoms with Gasteiger partial charge in [-0.25, -0.2) is 0 Å². The lowest BCUT2D eigenvalue weighted by Gasteiger charge is -2.11. The van der Waals surface area contributed by atoms with Gasteiger partial charge in [-0.2, -0.15) is 0 Å². The van der Waals surface area contributed by atoms with Gasteiger partial charge in [-0.1, -0.05) is 0 Å². The standard InChI is InChI=1S/C11H14N2O3/c1-13-6-2-3-8(13)9(14)12-7-11(4-5-11)10(15)16/h2-3,6H,4-5,7H2,1H3,(H,12,14)(H,15,16). The summed E-state index contributed by atoms with van der Waals surface area (Å²) < 4.78 is 1.70. The van der Waals surface area contributed by atoms with Gasteiger partial charge >= 0.3 is 5.97 Å². The molecule has 1 aliphatic carbocycles. The van der Waals surface area contributed by atoms with Crippen LogP contribution in [0.25, 0.3) is 0 Å². The highest BCUT2D eigenvalue weighted by Gasteiger charge is 2.50. The molecule has 0 saturated heterocycles. The van der Waals surface area contributed by atoms with Crippen molar-refractivity contribution in [1.82, 2.24) is 9.88 Å². The molecule has 0 atom stereocenters. The molecule has 1 aliphatic rings. The molecule has 1 heterocycles. The van der Waals surface area contributed by atoms with E-state index in [9.17, 15) is 9.59 Å². The quantitative estimate of drug-likeness (QED) is 0.784. The lowest BCUT2D eigenvalue weighted by Crippen LogP contribution is -2.34. The smallest absolute Gasteiger partial charge is 0.311 e. The van der Waals surface area contributed by atoms with E-state index < -0.39 is 11.4 Å². The average molecular weight is 222 g/mol. The minimum absolute atomic E-state index is 0.215. The van der Waals surface area contributed by atoms with E-state index in [4.69, 9.17) is 5.11 Å². The molecule has 0 unspecified atom stereocenters. The fourth-order valence-electron chi connectivity index (χ4n) is 1.65. The Labute approximate surface area is 93.1 Å². The van der Waals surface area contributed by atoms with Crippen LogP contribution in [0.2, 0.25) is 0 Å². The number of nitrogens with zero attached hydrogens (tertiary/aromatic N) is 1. The number of hydrogen-bond acceptors (Lipinski definition) is 2. The molecule has 0 spiro atoms. The highest BCUT2D eigenvalue weighted by Crippen LogP contribution is 2.45. The van der Waals surface area contributed by atoms with Gasteiger partial charge in [0.2, 0.25) is 0 Å². The van der Waals surface area contributed by atoms with Gasteiger partial charge in [-0.3, -0.25) is 9.59 Å². The van der Waals surface area contributed by atoms with E-state index in [0.717, 1.165) is 0 Å². The summed E-state index contributed by atoms with van der Waals surface area (Å²) in [6.07, 6.45) is 3.07. The molecule has 1 aromatic rings. The van der Waals surface area contributed by atoms with Crippen molar-refractivity contribution in [2.24, 2.45) is 12.5 Å². The van der Waals surface area contributed by atoms with E-state index in [1.807, 2.05) is 0 Å². The highest BCUT2D eigenvalue weighted by atomic mass is 16.4. The van der Waals surface area contributed by atoms with Crippen molar-refractivity contribution in [2.45, 2.75) is 12.8 Å². The monoisotopic (exact) mass is 222 g/mol. The Bertz CT molecular complexity index is 432. The van der Waals surface area contributed by atoms with Gasteiger partial charge in [0.25, 0.3) is 5.91 Å². The molecule has 2 rings (SSSR count). The fourth-order valence-corrected chi connectivity index (χ4v) is 1.65. The van der Waals surface area contributed by atoms with Crippen molar-refractivity contribution in [1.29, 1.82) is 0 Å². The van der Waals surface area contributed by atoms with Crippen molar-refractivity contribution in [2.75, 3.05) is 6.54 Å². The molecule has 86 valence electrons. The molecule has 16 heavy (non-hydrogen) atoms. The highest BCUT2D eigenvalue weighted by molar-refractivity contribution is 5.93. The van der Waals surface area contributed by atoms with Gasteiger partial charge < -0.3 is 15.0 Å². The zero-order valence-electron chi connectivity index (χ0n) is 9.06. The summed E-state index contributed by atoms with van der Waals surface area (Å²) in [5, 5.41) is 11.6. The number of nitrogens with one attached hydrogen (secondary N) is 1. The Kier molecular flexibility index (Phi) is 2.46. The third kappa shape index (κ3) is 1.80. The van der Waals surface area contributed by atoms with Crippen molar-refractivity contribution in [3.05, 3.63) is 24.0 Å². The molecule has 2 N–H and O–H groups in total. The number of carboxylic acid groups (broad SMARTS) is 1. The zero-order valence-corrected chi connectivity index (χ0v) is 9.06. The van der Waals surface area contributed by atoms with Crippen LogP contribution < -0.4 is 5.32 Å². The predicted molar refractivity (Wildman–Crippen MR) is 57.0 cm³/mol. The predicted octanol–water partition coefficient (Wildman–Crippen LogP) is 0.620. The molecule has 0 bridgehead atoms. The Morgan fingerprint density at radius 1 is 1.56 bits per heavy atom. The Balaban J connectivity index is 1.95. The molecule has 0 aliphatic heterocycles. The first-order valence-corrected chi connectivity index (χ1v) is 5.18. The first kappa shape index (κ1) is 10.7. The number of aryl methyl sites for hydroxylation is 1. The first-order valence-electron chi connectivity index (χ1n) is 5.18. The van der Waals surface area contributed by atoms with Crippen LogP contribution >= 0.6 is 0 Å². The summed E-state index contributed by atoms with van der Waals surface area (Å²) in [4.78, 5) is 22.6. The van der Waals surface area contributed by atoms with Gasteiger partial charge in [0.05, 0.1) is 5.41 Å². The topological polar surface area (TPSA) is 71.3 Å². The van der Waals surface area contributed by atoms with Crippen LogP contribution in [0.3, 0.4) is 0 Å². The van der Waals surface area contributed by atoms with Crippen LogP contribution in [0.1, 0.15) is 23.3 Å². The van der Waals surface area contributed by atoms with E-state index >= 15 is 0 Å². The van der Waals surface area contributed by atoms with Gasteiger partial charge in [0.15, 0.2) is 0 Å². The molecular formula is C11H14N2O3. The van der Waals surface area contributed by atoms with Crippen molar-refractivity contribution in [3.8, 4) is 0 Å². The second kappa shape index (κ2) is 3.66. The Morgan fingerprint density at radius 2 is 2.25 bits per heavy atom. The van der Waals surface area contributed by atoms with Crippen LogP contribution in [0.5, 0.6) is 0 Å². The Morgan fingerprint density at radius 3 is 2.69 bits per heavy atom. The number of aliphatic carboxylic acids is 1. The van der Waals surface area contributed by atoms with Gasteiger partial charge in [-0.15, -0.1) is 0 Å². The minimum atomic E-state index is -0.820. The van der Waals surface area contributed by atoms with Crippen LogP contribution in [-0.2, 0) is 11.8 Å². The molecule has 1 fully saturated rings. The number of aromatic nitrogens is 1. The second-order valence-corrected chi connectivity index (χ2v) is 4.27. The maximum atomic E-state index is 11.7. The molecule has 5 nitrogen and oxygen atoms in total. The normalized spacial score (nSPS) is 16.8. The number of hydrogen-bond donors (Lipinski definition) is 2. The van der Waals surface area contributed by atoms with E-state index in [1.165, 1.54) is 0 Å². The summed E-state index contributed by atoms with van der Waals surface area (Å²) in [5.41, 5.74) is -0.165.